The van der Waals surface area contributed by atoms with Crippen molar-refractivity contribution in [2.75, 3.05) is 0 Å². The standard InChI is InChI=1S/C13H11N3O2S/c1-2-9-8(12(17)18)7-16(15-9)13-14-10-5-3-4-6-11(10)19-13/h3-7H,2H2,1H3,(H,17,18). The number of carboxylic acid groups (broad SMARTS) is 1. The van der Waals surface area contributed by atoms with Gasteiger partial charge in [0.05, 0.1) is 15.9 Å². The molecule has 5 nitrogen and oxygen atoms in total. The van der Waals surface area contributed by atoms with Gasteiger partial charge in [-0.25, -0.2) is 14.5 Å². The van der Waals surface area contributed by atoms with E-state index < -0.39 is 5.97 Å². The van der Waals surface area contributed by atoms with Gasteiger partial charge in [0.1, 0.15) is 5.56 Å². The summed E-state index contributed by atoms with van der Waals surface area (Å²) in [7, 11) is 0. The molecule has 1 N–H and O–H groups in total. The molecule has 0 aliphatic heterocycles. The van der Waals surface area contributed by atoms with E-state index in [9.17, 15) is 4.79 Å². The summed E-state index contributed by atoms with van der Waals surface area (Å²) >= 11 is 1.49. The zero-order valence-electron chi connectivity index (χ0n) is 10.2. The highest BCUT2D eigenvalue weighted by Gasteiger charge is 2.16. The van der Waals surface area contributed by atoms with Gasteiger partial charge in [-0.2, -0.15) is 5.10 Å². The summed E-state index contributed by atoms with van der Waals surface area (Å²) in [6.07, 6.45) is 2.11. The number of fused-ring (bicyclic) bond motifs is 1. The summed E-state index contributed by atoms with van der Waals surface area (Å²) < 4.78 is 2.61. The SMILES string of the molecule is CCc1nn(-c2nc3ccccc3s2)cc1C(=O)O. The molecule has 0 amide bonds. The van der Waals surface area contributed by atoms with Gasteiger partial charge < -0.3 is 5.11 Å². The number of aryl methyl sites for hydroxylation is 1. The first-order valence-electron chi connectivity index (χ1n) is 5.87. The lowest BCUT2D eigenvalue weighted by Gasteiger charge is -1.92. The van der Waals surface area contributed by atoms with Gasteiger partial charge in [0, 0.05) is 6.20 Å². The zero-order chi connectivity index (χ0) is 13.4. The molecule has 0 bridgehead atoms. The molecule has 0 aliphatic carbocycles. The Morgan fingerprint density at radius 1 is 1.42 bits per heavy atom. The Morgan fingerprint density at radius 3 is 2.84 bits per heavy atom. The third-order valence-electron chi connectivity index (χ3n) is 2.83. The number of rotatable bonds is 3. The Kier molecular flexibility index (Phi) is 2.79. The number of aromatic carboxylic acids is 1. The van der Waals surface area contributed by atoms with Crippen molar-refractivity contribution in [1.82, 2.24) is 14.8 Å². The first-order chi connectivity index (χ1) is 9.19. The minimum absolute atomic E-state index is 0.238. The van der Waals surface area contributed by atoms with Crippen molar-refractivity contribution < 1.29 is 9.90 Å². The van der Waals surface area contributed by atoms with Crippen LogP contribution in [0.1, 0.15) is 23.0 Å². The van der Waals surface area contributed by atoms with E-state index >= 15 is 0 Å². The fourth-order valence-electron chi connectivity index (χ4n) is 1.91. The zero-order valence-corrected chi connectivity index (χ0v) is 11.0. The van der Waals surface area contributed by atoms with E-state index in [1.165, 1.54) is 17.5 Å². The number of thiazole rings is 1. The normalized spacial score (nSPS) is 11.0. The second kappa shape index (κ2) is 4.47. The van der Waals surface area contributed by atoms with Crippen LogP contribution in [0, 0.1) is 0 Å². The van der Waals surface area contributed by atoms with E-state index in [1.807, 2.05) is 31.2 Å². The summed E-state index contributed by atoms with van der Waals surface area (Å²) in [5, 5.41) is 14.1. The van der Waals surface area contributed by atoms with Gasteiger partial charge in [-0.05, 0) is 18.6 Å². The number of nitrogens with zero attached hydrogens (tertiary/aromatic N) is 3. The molecule has 0 unspecified atom stereocenters. The van der Waals surface area contributed by atoms with Crippen LogP contribution in [0.5, 0.6) is 0 Å². The lowest BCUT2D eigenvalue weighted by atomic mass is 10.2. The Bertz CT molecular complexity index is 727. The number of benzene rings is 1. The largest absolute Gasteiger partial charge is 0.478 e. The lowest BCUT2D eigenvalue weighted by Crippen LogP contribution is -1.98. The average Bonchev–Trinajstić information content (AvgIpc) is 3.02. The van der Waals surface area contributed by atoms with Gasteiger partial charge in [0.25, 0.3) is 0 Å². The Labute approximate surface area is 113 Å². The highest BCUT2D eigenvalue weighted by atomic mass is 32.1. The van der Waals surface area contributed by atoms with Crippen molar-refractivity contribution in [1.29, 1.82) is 0 Å². The molecule has 0 atom stereocenters. The molecule has 0 spiro atoms. The van der Waals surface area contributed by atoms with Crippen LogP contribution in [0.15, 0.2) is 30.5 Å². The Balaban J connectivity index is 2.13. The Hall–Kier alpha value is -2.21. The van der Waals surface area contributed by atoms with Crippen LogP contribution in [0.3, 0.4) is 0 Å². The number of carboxylic acids is 1. The first-order valence-corrected chi connectivity index (χ1v) is 6.68. The highest BCUT2D eigenvalue weighted by Crippen LogP contribution is 2.24. The molecule has 1 aromatic carbocycles. The van der Waals surface area contributed by atoms with E-state index in [2.05, 4.69) is 10.1 Å². The number of para-hydroxylation sites is 1. The molecule has 0 saturated carbocycles. The van der Waals surface area contributed by atoms with Gasteiger partial charge in [-0.1, -0.05) is 30.4 Å². The van der Waals surface area contributed by atoms with Crippen LogP contribution in [-0.2, 0) is 6.42 Å². The quantitative estimate of drug-likeness (QED) is 0.796. The number of hydrogen-bond acceptors (Lipinski definition) is 4. The van der Waals surface area contributed by atoms with Crippen LogP contribution < -0.4 is 0 Å². The predicted octanol–water partition coefficient (Wildman–Crippen LogP) is 2.74. The van der Waals surface area contributed by atoms with Crippen molar-refractivity contribution in [3.63, 3.8) is 0 Å². The average molecular weight is 273 g/mol. The highest BCUT2D eigenvalue weighted by molar-refractivity contribution is 7.20. The third-order valence-corrected chi connectivity index (χ3v) is 3.86. The number of hydrogen-bond donors (Lipinski definition) is 1. The van der Waals surface area contributed by atoms with Crippen LogP contribution >= 0.6 is 11.3 Å². The Morgan fingerprint density at radius 2 is 2.21 bits per heavy atom. The van der Waals surface area contributed by atoms with E-state index in [0.717, 1.165) is 10.2 Å². The molecule has 0 fully saturated rings. The number of aromatic nitrogens is 3. The summed E-state index contributed by atoms with van der Waals surface area (Å²) in [6.45, 7) is 1.89. The van der Waals surface area contributed by atoms with Crippen LogP contribution in [0.4, 0.5) is 0 Å². The molecule has 3 aromatic rings. The van der Waals surface area contributed by atoms with E-state index in [4.69, 9.17) is 5.11 Å². The fraction of sp³-hybridized carbons (Fsp3) is 0.154. The minimum atomic E-state index is -0.954. The maximum absolute atomic E-state index is 11.1. The molecular weight excluding hydrogens is 262 g/mol. The predicted molar refractivity (Wildman–Crippen MR) is 73.1 cm³/mol. The molecular formula is C13H11N3O2S. The second-order valence-electron chi connectivity index (χ2n) is 4.06. The van der Waals surface area contributed by atoms with Gasteiger partial charge in [0.15, 0.2) is 0 Å². The van der Waals surface area contributed by atoms with Gasteiger partial charge >= 0.3 is 5.97 Å². The molecule has 0 saturated heterocycles. The van der Waals surface area contributed by atoms with Crippen LogP contribution in [0.2, 0.25) is 0 Å². The topological polar surface area (TPSA) is 68.0 Å². The lowest BCUT2D eigenvalue weighted by molar-refractivity contribution is 0.0695. The van der Waals surface area contributed by atoms with Crippen molar-refractivity contribution in [2.24, 2.45) is 0 Å². The molecule has 3 rings (SSSR count). The van der Waals surface area contributed by atoms with Gasteiger partial charge in [-0.3, -0.25) is 0 Å². The summed E-state index contributed by atoms with van der Waals surface area (Å²) in [5.41, 5.74) is 1.71. The molecule has 2 heterocycles. The van der Waals surface area contributed by atoms with E-state index in [-0.39, 0.29) is 5.56 Å². The van der Waals surface area contributed by atoms with Crippen LogP contribution in [-0.4, -0.2) is 25.8 Å². The molecule has 0 radical (unpaired) electrons. The summed E-state index contributed by atoms with van der Waals surface area (Å²) in [5.74, 6) is -0.954. The van der Waals surface area contributed by atoms with E-state index in [0.29, 0.717) is 17.2 Å². The van der Waals surface area contributed by atoms with Crippen LogP contribution in [0.25, 0.3) is 15.3 Å². The monoisotopic (exact) mass is 273 g/mol. The fourth-order valence-corrected chi connectivity index (χ4v) is 2.80. The minimum Gasteiger partial charge on any atom is -0.478 e. The third kappa shape index (κ3) is 2.00. The van der Waals surface area contributed by atoms with Gasteiger partial charge in [-0.15, -0.1) is 0 Å². The molecule has 19 heavy (non-hydrogen) atoms. The molecule has 0 aliphatic rings. The van der Waals surface area contributed by atoms with Gasteiger partial charge in [0.2, 0.25) is 5.13 Å². The van der Waals surface area contributed by atoms with Crippen molar-refractivity contribution in [2.45, 2.75) is 13.3 Å². The maximum atomic E-state index is 11.1. The second-order valence-corrected chi connectivity index (χ2v) is 5.07. The van der Waals surface area contributed by atoms with E-state index in [1.54, 1.807) is 4.68 Å². The molecule has 6 heteroatoms. The smallest absolute Gasteiger partial charge is 0.339 e. The maximum Gasteiger partial charge on any atom is 0.339 e. The molecule has 2 aromatic heterocycles. The first kappa shape index (κ1) is 11.9. The summed E-state index contributed by atoms with van der Waals surface area (Å²) in [6, 6.07) is 7.79. The van der Waals surface area contributed by atoms with Crippen molar-refractivity contribution in [3.8, 4) is 5.13 Å². The van der Waals surface area contributed by atoms with Crippen molar-refractivity contribution in [3.05, 3.63) is 41.7 Å². The summed E-state index contributed by atoms with van der Waals surface area (Å²) in [4.78, 5) is 15.6. The van der Waals surface area contributed by atoms with Crippen molar-refractivity contribution >= 4 is 27.5 Å². The molecule has 96 valence electrons. The number of carbonyl (C=O) groups is 1.